The molecule has 0 aromatic carbocycles. The molecule has 1 aliphatic heterocycles. The van der Waals surface area contributed by atoms with E-state index < -0.39 is 5.97 Å². The molecule has 1 aromatic heterocycles. The molecule has 0 aliphatic carbocycles. The number of aliphatic hydroxyl groups excluding tert-OH is 1. The van der Waals surface area contributed by atoms with Gasteiger partial charge in [0.25, 0.3) is 0 Å². The Morgan fingerprint density at radius 3 is 2.75 bits per heavy atom. The first-order chi connectivity index (χ1) is 9.67. The number of hydrogen-bond donors (Lipinski definition) is 1. The van der Waals surface area contributed by atoms with Gasteiger partial charge in [-0.05, 0) is 37.9 Å². The SMILES string of the molecule is CCc1oc(C(=O)OC)cc1CN1CCC(CO)CC1. The summed E-state index contributed by atoms with van der Waals surface area (Å²) < 4.78 is 10.3. The zero-order valence-electron chi connectivity index (χ0n) is 12.2. The maximum absolute atomic E-state index is 11.5. The normalized spacial score (nSPS) is 17.4. The number of rotatable bonds is 5. The van der Waals surface area contributed by atoms with E-state index in [1.165, 1.54) is 7.11 Å². The average molecular weight is 281 g/mol. The van der Waals surface area contributed by atoms with Crippen molar-refractivity contribution in [2.75, 3.05) is 26.8 Å². The van der Waals surface area contributed by atoms with E-state index in [1.807, 2.05) is 6.92 Å². The van der Waals surface area contributed by atoms with Crippen molar-refractivity contribution in [2.24, 2.45) is 5.92 Å². The van der Waals surface area contributed by atoms with Crippen molar-refractivity contribution in [2.45, 2.75) is 32.7 Å². The van der Waals surface area contributed by atoms with Gasteiger partial charge in [-0.2, -0.15) is 0 Å². The zero-order chi connectivity index (χ0) is 14.5. The van der Waals surface area contributed by atoms with Crippen LogP contribution in [0, 0.1) is 5.92 Å². The molecule has 0 saturated carbocycles. The third-order valence-corrected chi connectivity index (χ3v) is 3.96. The van der Waals surface area contributed by atoms with Gasteiger partial charge >= 0.3 is 5.97 Å². The maximum Gasteiger partial charge on any atom is 0.373 e. The number of esters is 1. The number of ether oxygens (including phenoxy) is 1. The number of likely N-dealkylation sites (tertiary alicyclic amines) is 1. The van der Waals surface area contributed by atoms with Crippen molar-refractivity contribution >= 4 is 5.97 Å². The Morgan fingerprint density at radius 1 is 1.50 bits per heavy atom. The summed E-state index contributed by atoms with van der Waals surface area (Å²) in [4.78, 5) is 13.9. The van der Waals surface area contributed by atoms with Crippen molar-refractivity contribution in [3.63, 3.8) is 0 Å². The molecule has 0 unspecified atom stereocenters. The third-order valence-electron chi connectivity index (χ3n) is 3.96. The second-order valence-corrected chi connectivity index (χ2v) is 5.31. The summed E-state index contributed by atoms with van der Waals surface area (Å²) in [6, 6.07) is 1.79. The van der Waals surface area contributed by atoms with Crippen LogP contribution in [0.2, 0.25) is 0 Å². The number of methoxy groups -OCH3 is 1. The van der Waals surface area contributed by atoms with E-state index in [0.717, 1.165) is 50.2 Å². The van der Waals surface area contributed by atoms with Crippen molar-refractivity contribution in [1.29, 1.82) is 0 Å². The molecule has 0 atom stereocenters. The molecule has 1 aliphatic rings. The Labute approximate surface area is 119 Å². The molecule has 0 amide bonds. The van der Waals surface area contributed by atoms with Gasteiger partial charge in [0, 0.05) is 25.1 Å². The Balaban J connectivity index is 2.02. The highest BCUT2D eigenvalue weighted by molar-refractivity contribution is 5.86. The molecular formula is C15H23NO4. The lowest BCUT2D eigenvalue weighted by molar-refractivity contribution is 0.0563. The second-order valence-electron chi connectivity index (χ2n) is 5.31. The average Bonchev–Trinajstić information content (AvgIpc) is 2.90. The molecule has 2 rings (SSSR count). The number of nitrogens with zero attached hydrogens (tertiary/aromatic N) is 1. The summed E-state index contributed by atoms with van der Waals surface area (Å²) in [6.07, 6.45) is 2.82. The van der Waals surface area contributed by atoms with Crippen LogP contribution in [-0.4, -0.2) is 42.8 Å². The molecule has 112 valence electrons. The Hall–Kier alpha value is -1.33. The van der Waals surface area contributed by atoms with E-state index in [2.05, 4.69) is 4.90 Å². The van der Waals surface area contributed by atoms with Gasteiger partial charge in [-0.3, -0.25) is 4.90 Å². The van der Waals surface area contributed by atoms with Crippen LogP contribution in [0.1, 0.15) is 41.6 Å². The highest BCUT2D eigenvalue weighted by atomic mass is 16.5. The van der Waals surface area contributed by atoms with E-state index in [1.54, 1.807) is 6.07 Å². The van der Waals surface area contributed by atoms with E-state index in [9.17, 15) is 4.79 Å². The largest absolute Gasteiger partial charge is 0.463 e. The lowest BCUT2D eigenvalue weighted by Gasteiger charge is -2.30. The van der Waals surface area contributed by atoms with Gasteiger partial charge in [-0.1, -0.05) is 6.92 Å². The Morgan fingerprint density at radius 2 is 2.20 bits per heavy atom. The molecule has 5 nitrogen and oxygen atoms in total. The van der Waals surface area contributed by atoms with Crippen LogP contribution in [0.4, 0.5) is 0 Å². The minimum atomic E-state index is -0.426. The summed E-state index contributed by atoms with van der Waals surface area (Å²) in [5, 5.41) is 9.16. The van der Waals surface area contributed by atoms with Gasteiger partial charge in [0.1, 0.15) is 5.76 Å². The minimum absolute atomic E-state index is 0.282. The second kappa shape index (κ2) is 6.90. The summed E-state index contributed by atoms with van der Waals surface area (Å²) in [5.74, 6) is 1.15. The van der Waals surface area contributed by atoms with Gasteiger partial charge in [0.2, 0.25) is 5.76 Å². The topological polar surface area (TPSA) is 62.9 Å². The Kier molecular flexibility index (Phi) is 5.20. The van der Waals surface area contributed by atoms with Gasteiger partial charge in [0.15, 0.2) is 0 Å². The van der Waals surface area contributed by atoms with E-state index in [4.69, 9.17) is 14.3 Å². The molecule has 1 N–H and O–H groups in total. The molecule has 1 aromatic rings. The molecule has 20 heavy (non-hydrogen) atoms. The van der Waals surface area contributed by atoms with E-state index in [0.29, 0.717) is 5.92 Å². The predicted molar refractivity (Wildman–Crippen MR) is 74.5 cm³/mol. The van der Waals surface area contributed by atoms with Crippen LogP contribution in [0.5, 0.6) is 0 Å². The molecule has 1 saturated heterocycles. The molecular weight excluding hydrogens is 258 g/mol. The number of aliphatic hydroxyl groups is 1. The molecule has 0 radical (unpaired) electrons. The molecule has 1 fully saturated rings. The monoisotopic (exact) mass is 281 g/mol. The molecule has 0 bridgehead atoms. The molecule has 2 heterocycles. The summed E-state index contributed by atoms with van der Waals surface area (Å²) in [6.45, 7) is 5.05. The fourth-order valence-electron chi connectivity index (χ4n) is 2.67. The maximum atomic E-state index is 11.5. The number of furan rings is 1. The molecule has 0 spiro atoms. The van der Waals surface area contributed by atoms with Crippen LogP contribution in [0.3, 0.4) is 0 Å². The van der Waals surface area contributed by atoms with Crippen LogP contribution >= 0.6 is 0 Å². The van der Waals surface area contributed by atoms with Crippen molar-refractivity contribution < 1.29 is 19.1 Å². The van der Waals surface area contributed by atoms with Crippen LogP contribution in [-0.2, 0) is 17.7 Å². The lowest BCUT2D eigenvalue weighted by Crippen LogP contribution is -2.34. The van der Waals surface area contributed by atoms with Crippen molar-refractivity contribution in [3.8, 4) is 0 Å². The molecule has 5 heteroatoms. The lowest BCUT2D eigenvalue weighted by atomic mass is 9.97. The number of carbonyl (C=O) groups excluding carboxylic acids is 1. The minimum Gasteiger partial charge on any atom is -0.463 e. The predicted octanol–water partition coefficient (Wildman–Crippen LogP) is 1.83. The van der Waals surface area contributed by atoms with Gasteiger partial charge in [-0.15, -0.1) is 0 Å². The van der Waals surface area contributed by atoms with E-state index >= 15 is 0 Å². The van der Waals surface area contributed by atoms with Crippen molar-refractivity contribution in [3.05, 3.63) is 23.2 Å². The highest BCUT2D eigenvalue weighted by Gasteiger charge is 2.22. The van der Waals surface area contributed by atoms with Gasteiger partial charge < -0.3 is 14.3 Å². The standard InChI is InChI=1S/C15H23NO4/c1-3-13-12(8-14(20-13)15(18)19-2)9-16-6-4-11(10-17)5-7-16/h8,11,17H,3-7,9-10H2,1-2H3. The summed E-state index contributed by atoms with van der Waals surface area (Å²) in [5.41, 5.74) is 1.07. The van der Waals surface area contributed by atoms with Gasteiger partial charge in [0.05, 0.1) is 7.11 Å². The fraction of sp³-hybridized carbons (Fsp3) is 0.667. The summed E-state index contributed by atoms with van der Waals surface area (Å²) in [7, 11) is 1.36. The number of piperidine rings is 1. The van der Waals surface area contributed by atoms with E-state index in [-0.39, 0.29) is 12.4 Å². The first kappa shape index (κ1) is 15.1. The van der Waals surface area contributed by atoms with Crippen LogP contribution < -0.4 is 0 Å². The highest BCUT2D eigenvalue weighted by Crippen LogP contribution is 2.22. The quantitative estimate of drug-likeness (QED) is 0.834. The fourth-order valence-corrected chi connectivity index (χ4v) is 2.67. The number of hydrogen-bond acceptors (Lipinski definition) is 5. The van der Waals surface area contributed by atoms with Crippen molar-refractivity contribution in [1.82, 2.24) is 4.90 Å². The smallest absolute Gasteiger partial charge is 0.373 e. The van der Waals surface area contributed by atoms with Gasteiger partial charge in [-0.25, -0.2) is 4.79 Å². The third kappa shape index (κ3) is 3.41. The number of carbonyl (C=O) groups is 1. The Bertz CT molecular complexity index is 447. The zero-order valence-corrected chi connectivity index (χ0v) is 12.2. The van der Waals surface area contributed by atoms with Crippen LogP contribution in [0.15, 0.2) is 10.5 Å². The summed E-state index contributed by atoms with van der Waals surface area (Å²) >= 11 is 0. The first-order valence-corrected chi connectivity index (χ1v) is 7.21. The van der Waals surface area contributed by atoms with Crippen LogP contribution in [0.25, 0.3) is 0 Å². The number of aryl methyl sites for hydroxylation is 1. The first-order valence-electron chi connectivity index (χ1n) is 7.21.